The fourth-order valence-electron chi connectivity index (χ4n) is 3.28. The highest BCUT2D eigenvalue weighted by Crippen LogP contribution is 2.29. The van der Waals surface area contributed by atoms with Crippen molar-refractivity contribution in [3.8, 4) is 5.75 Å². The quantitative estimate of drug-likeness (QED) is 0.209. The maximum Gasteiger partial charge on any atom is 0.335 e. The van der Waals surface area contributed by atoms with Crippen LogP contribution in [-0.2, 0) is 16.2 Å². The number of nitrogens with one attached hydrogen (secondary N) is 1. The number of urea groups is 1. The van der Waals surface area contributed by atoms with Gasteiger partial charge in [0.15, 0.2) is 0 Å². The van der Waals surface area contributed by atoms with E-state index in [1.807, 2.05) is 0 Å². The standard InChI is InChI=1S/C24H15BrFN3O6/c25-16-3-10-21(35-13-14-1-6-19(7-2-14)29(33)34)15(11-16)12-20-22(30)27-24(32)28(23(20)31)18-8-4-17(26)5-9-18/h1-12H,13H2,(H,27,30,32)/b20-12+. The number of nitro groups is 1. The summed E-state index contributed by atoms with van der Waals surface area (Å²) in [4.78, 5) is 48.9. The first-order valence-electron chi connectivity index (χ1n) is 10.1. The molecule has 1 saturated heterocycles. The Bertz CT molecular complexity index is 1370. The van der Waals surface area contributed by atoms with Crippen molar-refractivity contribution < 1.29 is 28.4 Å². The van der Waals surface area contributed by atoms with Crippen molar-refractivity contribution in [1.82, 2.24) is 5.32 Å². The smallest absolute Gasteiger partial charge is 0.335 e. The molecule has 4 amide bonds. The molecule has 9 nitrogen and oxygen atoms in total. The molecule has 1 heterocycles. The molecule has 4 rings (SSSR count). The molecule has 0 atom stereocenters. The van der Waals surface area contributed by atoms with E-state index in [1.165, 1.54) is 30.3 Å². The number of carbonyl (C=O) groups is 3. The first kappa shape index (κ1) is 23.8. The minimum absolute atomic E-state index is 0.0510. The lowest BCUT2D eigenvalue weighted by Gasteiger charge is -2.26. The Morgan fingerprint density at radius 1 is 1.03 bits per heavy atom. The van der Waals surface area contributed by atoms with Crippen LogP contribution in [0.15, 0.2) is 76.8 Å². The number of carbonyl (C=O) groups excluding carboxylic acids is 3. The molecule has 1 aliphatic rings. The average Bonchev–Trinajstić information content (AvgIpc) is 2.82. The zero-order valence-electron chi connectivity index (χ0n) is 17.7. The SMILES string of the molecule is O=C1NC(=O)N(c2ccc(F)cc2)C(=O)/C1=C/c1cc(Br)ccc1OCc1ccc([N+](=O)[O-])cc1. The van der Waals surface area contributed by atoms with E-state index in [4.69, 9.17) is 4.74 Å². The van der Waals surface area contributed by atoms with E-state index in [0.717, 1.165) is 17.0 Å². The number of hydrogen-bond donors (Lipinski definition) is 1. The van der Waals surface area contributed by atoms with Crippen molar-refractivity contribution in [1.29, 1.82) is 0 Å². The number of non-ortho nitro benzene ring substituents is 1. The van der Waals surface area contributed by atoms with Crippen molar-refractivity contribution in [2.45, 2.75) is 6.61 Å². The van der Waals surface area contributed by atoms with Crippen LogP contribution in [0, 0.1) is 15.9 Å². The molecule has 0 saturated carbocycles. The van der Waals surface area contributed by atoms with Gasteiger partial charge >= 0.3 is 6.03 Å². The normalized spacial score (nSPS) is 14.7. The minimum atomic E-state index is -0.951. The van der Waals surface area contributed by atoms with Gasteiger partial charge in [0.25, 0.3) is 17.5 Å². The lowest BCUT2D eigenvalue weighted by atomic mass is 10.1. The number of imide groups is 2. The first-order valence-corrected chi connectivity index (χ1v) is 10.8. The summed E-state index contributed by atoms with van der Waals surface area (Å²) in [5, 5.41) is 12.9. The number of amides is 4. The second-order valence-electron chi connectivity index (χ2n) is 7.33. The Hall–Kier alpha value is -4.38. The third-order valence-electron chi connectivity index (χ3n) is 5.00. The molecule has 1 aliphatic heterocycles. The number of nitrogens with zero attached hydrogens (tertiary/aromatic N) is 2. The van der Waals surface area contributed by atoms with Crippen molar-refractivity contribution in [2.75, 3.05) is 4.90 Å². The maximum atomic E-state index is 13.3. The maximum absolute atomic E-state index is 13.3. The van der Waals surface area contributed by atoms with Gasteiger partial charge in [0.2, 0.25) is 0 Å². The molecule has 176 valence electrons. The monoisotopic (exact) mass is 539 g/mol. The molecule has 0 bridgehead atoms. The fraction of sp³-hybridized carbons (Fsp3) is 0.0417. The van der Waals surface area contributed by atoms with Gasteiger partial charge in [-0.25, -0.2) is 14.1 Å². The zero-order chi connectivity index (χ0) is 25.1. The van der Waals surface area contributed by atoms with E-state index in [0.29, 0.717) is 21.3 Å². The second kappa shape index (κ2) is 9.85. The van der Waals surface area contributed by atoms with Gasteiger partial charge in [0, 0.05) is 22.2 Å². The number of rotatable bonds is 6. The summed E-state index contributed by atoms with van der Waals surface area (Å²) < 4.78 is 19.8. The molecule has 1 fully saturated rings. The number of ether oxygens (including phenoxy) is 1. The Balaban J connectivity index is 1.63. The average molecular weight is 540 g/mol. The molecule has 11 heteroatoms. The summed E-state index contributed by atoms with van der Waals surface area (Å²) >= 11 is 3.34. The van der Waals surface area contributed by atoms with Gasteiger partial charge in [-0.1, -0.05) is 15.9 Å². The summed E-state index contributed by atoms with van der Waals surface area (Å²) in [6.07, 6.45) is 1.29. The van der Waals surface area contributed by atoms with E-state index in [-0.39, 0.29) is 23.6 Å². The molecular weight excluding hydrogens is 525 g/mol. The lowest BCUT2D eigenvalue weighted by Crippen LogP contribution is -2.54. The van der Waals surface area contributed by atoms with Crippen LogP contribution in [-0.4, -0.2) is 22.8 Å². The molecule has 0 aromatic heterocycles. The summed E-state index contributed by atoms with van der Waals surface area (Å²) in [7, 11) is 0. The van der Waals surface area contributed by atoms with E-state index < -0.39 is 28.6 Å². The number of halogens is 2. The van der Waals surface area contributed by atoms with Crippen LogP contribution in [0.2, 0.25) is 0 Å². The first-order chi connectivity index (χ1) is 16.7. The summed E-state index contributed by atoms with van der Waals surface area (Å²) in [5.74, 6) is -1.99. The molecule has 3 aromatic carbocycles. The highest BCUT2D eigenvalue weighted by molar-refractivity contribution is 9.10. The largest absolute Gasteiger partial charge is 0.488 e. The number of barbiturate groups is 1. The lowest BCUT2D eigenvalue weighted by molar-refractivity contribution is -0.384. The molecule has 35 heavy (non-hydrogen) atoms. The van der Waals surface area contributed by atoms with Gasteiger partial charge in [-0.05, 0) is 66.2 Å². The van der Waals surface area contributed by atoms with Crippen molar-refractivity contribution in [3.63, 3.8) is 0 Å². The Morgan fingerprint density at radius 2 is 1.71 bits per heavy atom. The zero-order valence-corrected chi connectivity index (χ0v) is 19.3. The van der Waals surface area contributed by atoms with Crippen LogP contribution < -0.4 is 15.0 Å². The van der Waals surface area contributed by atoms with Crippen LogP contribution in [0.1, 0.15) is 11.1 Å². The Kier molecular flexibility index (Phi) is 6.69. The van der Waals surface area contributed by atoms with Crippen LogP contribution in [0.5, 0.6) is 5.75 Å². The van der Waals surface area contributed by atoms with Crippen molar-refractivity contribution in [3.05, 3.63) is 104 Å². The van der Waals surface area contributed by atoms with E-state index in [9.17, 15) is 28.9 Å². The molecular formula is C24H15BrFN3O6. The number of benzene rings is 3. The predicted octanol–water partition coefficient (Wildman–Crippen LogP) is 4.74. The Morgan fingerprint density at radius 3 is 2.37 bits per heavy atom. The van der Waals surface area contributed by atoms with Crippen molar-refractivity contribution >= 4 is 51.2 Å². The topological polar surface area (TPSA) is 119 Å². The summed E-state index contributed by atoms with van der Waals surface area (Å²) in [5.41, 5.74) is 0.748. The molecule has 3 aromatic rings. The number of nitro benzene ring substituents is 1. The number of hydrogen-bond acceptors (Lipinski definition) is 6. The summed E-state index contributed by atoms with van der Waals surface area (Å²) in [6.45, 7) is 0.0656. The second-order valence-corrected chi connectivity index (χ2v) is 8.24. The van der Waals surface area contributed by atoms with Gasteiger partial charge in [-0.15, -0.1) is 0 Å². The van der Waals surface area contributed by atoms with Crippen molar-refractivity contribution in [2.24, 2.45) is 0 Å². The minimum Gasteiger partial charge on any atom is -0.488 e. The number of anilines is 1. The van der Waals surface area contributed by atoms with Gasteiger partial charge in [-0.3, -0.25) is 25.0 Å². The molecule has 1 N–H and O–H groups in total. The molecule has 0 aliphatic carbocycles. The van der Waals surface area contributed by atoms with Gasteiger partial charge in [0.05, 0.1) is 10.6 Å². The summed E-state index contributed by atoms with van der Waals surface area (Å²) in [6, 6.07) is 14.5. The van der Waals surface area contributed by atoms with Crippen LogP contribution >= 0.6 is 15.9 Å². The van der Waals surface area contributed by atoms with Crippen LogP contribution in [0.3, 0.4) is 0 Å². The van der Waals surface area contributed by atoms with E-state index >= 15 is 0 Å². The van der Waals surface area contributed by atoms with Crippen LogP contribution in [0.25, 0.3) is 6.08 Å². The molecule has 0 spiro atoms. The molecule has 0 radical (unpaired) electrons. The predicted molar refractivity (Wildman–Crippen MR) is 127 cm³/mol. The third-order valence-corrected chi connectivity index (χ3v) is 5.49. The van der Waals surface area contributed by atoms with E-state index in [2.05, 4.69) is 21.2 Å². The van der Waals surface area contributed by atoms with Crippen LogP contribution in [0.4, 0.5) is 20.6 Å². The highest BCUT2D eigenvalue weighted by atomic mass is 79.9. The highest BCUT2D eigenvalue weighted by Gasteiger charge is 2.37. The van der Waals surface area contributed by atoms with Gasteiger partial charge < -0.3 is 4.74 Å². The fourth-order valence-corrected chi connectivity index (χ4v) is 3.65. The van der Waals surface area contributed by atoms with Gasteiger partial charge in [0.1, 0.15) is 23.7 Å². The molecule has 0 unspecified atom stereocenters. The van der Waals surface area contributed by atoms with E-state index in [1.54, 1.807) is 30.3 Å². The van der Waals surface area contributed by atoms with Gasteiger partial charge in [-0.2, -0.15) is 0 Å². The third kappa shape index (κ3) is 5.25. The Labute approximate surface area is 206 Å².